The van der Waals surface area contributed by atoms with Crippen molar-refractivity contribution >= 4 is 15.8 Å². The standard InChI is InChI=1S/C15H29N3O2S/c1-13(10-12-21(3,19)20)18-15(16-2)17-11-9-14-7-5-4-6-8-14/h7,13H,4-6,8-12H2,1-3H3,(H2,16,17,18). The lowest BCUT2D eigenvalue weighted by molar-refractivity contribution is 0.580. The lowest BCUT2D eigenvalue weighted by Crippen LogP contribution is -2.43. The molecule has 0 aromatic heterocycles. The molecule has 1 aliphatic rings. The van der Waals surface area contributed by atoms with Gasteiger partial charge in [0.15, 0.2) is 5.96 Å². The third-order valence-electron chi connectivity index (χ3n) is 3.65. The first-order valence-electron chi connectivity index (χ1n) is 7.73. The molecular weight excluding hydrogens is 286 g/mol. The fourth-order valence-corrected chi connectivity index (χ4v) is 3.15. The summed E-state index contributed by atoms with van der Waals surface area (Å²) >= 11 is 0. The van der Waals surface area contributed by atoms with E-state index in [1.54, 1.807) is 7.05 Å². The van der Waals surface area contributed by atoms with Gasteiger partial charge in [-0.2, -0.15) is 0 Å². The maximum atomic E-state index is 11.2. The summed E-state index contributed by atoms with van der Waals surface area (Å²) < 4.78 is 22.3. The Morgan fingerprint density at radius 2 is 2.19 bits per heavy atom. The molecule has 1 atom stereocenters. The van der Waals surface area contributed by atoms with Gasteiger partial charge < -0.3 is 10.6 Å². The predicted molar refractivity (Wildman–Crippen MR) is 89.5 cm³/mol. The Balaban J connectivity index is 2.26. The van der Waals surface area contributed by atoms with E-state index < -0.39 is 9.84 Å². The van der Waals surface area contributed by atoms with Gasteiger partial charge in [0.05, 0.1) is 5.75 Å². The summed E-state index contributed by atoms with van der Waals surface area (Å²) in [5, 5.41) is 6.53. The average Bonchev–Trinajstić information content (AvgIpc) is 2.44. The fraction of sp³-hybridized carbons (Fsp3) is 0.800. The summed E-state index contributed by atoms with van der Waals surface area (Å²) in [6.07, 6.45) is 10.3. The number of guanidine groups is 1. The van der Waals surface area contributed by atoms with Crippen molar-refractivity contribution in [2.75, 3.05) is 25.6 Å². The minimum absolute atomic E-state index is 0.0832. The van der Waals surface area contributed by atoms with Crippen LogP contribution in [-0.4, -0.2) is 46.0 Å². The fourth-order valence-electron chi connectivity index (χ4n) is 2.36. The summed E-state index contributed by atoms with van der Waals surface area (Å²) in [5.41, 5.74) is 1.54. The van der Waals surface area contributed by atoms with E-state index >= 15 is 0 Å². The molecule has 0 spiro atoms. The Morgan fingerprint density at radius 3 is 2.76 bits per heavy atom. The largest absolute Gasteiger partial charge is 0.356 e. The molecule has 0 bridgehead atoms. The van der Waals surface area contributed by atoms with Crippen LogP contribution in [0.4, 0.5) is 0 Å². The summed E-state index contributed by atoms with van der Waals surface area (Å²) in [7, 11) is -1.17. The van der Waals surface area contributed by atoms with E-state index in [0.717, 1.165) is 18.9 Å². The van der Waals surface area contributed by atoms with Crippen LogP contribution < -0.4 is 10.6 Å². The van der Waals surface area contributed by atoms with Crippen LogP contribution in [0.3, 0.4) is 0 Å². The number of nitrogens with one attached hydrogen (secondary N) is 2. The van der Waals surface area contributed by atoms with Crippen LogP contribution in [0, 0.1) is 0 Å². The molecule has 0 heterocycles. The molecule has 5 nitrogen and oxygen atoms in total. The van der Waals surface area contributed by atoms with Gasteiger partial charge >= 0.3 is 0 Å². The molecule has 2 N–H and O–H groups in total. The molecule has 0 saturated heterocycles. The molecule has 0 radical (unpaired) electrons. The SMILES string of the molecule is CN=C(NCCC1=CCCCC1)NC(C)CCS(C)(=O)=O. The molecule has 0 saturated carbocycles. The van der Waals surface area contributed by atoms with Crippen molar-refractivity contribution in [3.63, 3.8) is 0 Å². The van der Waals surface area contributed by atoms with E-state index in [-0.39, 0.29) is 11.8 Å². The van der Waals surface area contributed by atoms with Gasteiger partial charge in [0, 0.05) is 25.9 Å². The monoisotopic (exact) mass is 315 g/mol. The van der Waals surface area contributed by atoms with Crippen molar-refractivity contribution in [1.82, 2.24) is 10.6 Å². The first kappa shape index (κ1) is 18.0. The van der Waals surface area contributed by atoms with Gasteiger partial charge in [-0.3, -0.25) is 4.99 Å². The van der Waals surface area contributed by atoms with Gasteiger partial charge in [0.2, 0.25) is 0 Å². The highest BCUT2D eigenvalue weighted by molar-refractivity contribution is 7.90. The molecule has 122 valence electrons. The smallest absolute Gasteiger partial charge is 0.191 e. The van der Waals surface area contributed by atoms with E-state index in [2.05, 4.69) is 21.7 Å². The number of allylic oxidation sites excluding steroid dienone is 1. The molecular formula is C15H29N3O2S. The second kappa shape index (κ2) is 9.07. The number of rotatable bonds is 7. The van der Waals surface area contributed by atoms with Gasteiger partial charge in [-0.1, -0.05) is 11.6 Å². The average molecular weight is 315 g/mol. The lowest BCUT2D eigenvalue weighted by Gasteiger charge is -2.18. The third kappa shape index (κ3) is 8.75. The van der Waals surface area contributed by atoms with Crippen LogP contribution in [-0.2, 0) is 9.84 Å². The first-order valence-corrected chi connectivity index (χ1v) is 9.79. The maximum absolute atomic E-state index is 11.2. The Hall–Kier alpha value is -1.04. The van der Waals surface area contributed by atoms with E-state index in [1.807, 2.05) is 6.92 Å². The van der Waals surface area contributed by atoms with Crippen LogP contribution in [0.1, 0.15) is 45.4 Å². The Labute approximate surface area is 129 Å². The van der Waals surface area contributed by atoms with Gasteiger partial charge in [-0.25, -0.2) is 8.42 Å². The quantitative estimate of drug-likeness (QED) is 0.427. The topological polar surface area (TPSA) is 70.6 Å². The Kier molecular flexibility index (Phi) is 7.78. The Morgan fingerprint density at radius 1 is 1.43 bits per heavy atom. The van der Waals surface area contributed by atoms with Crippen molar-refractivity contribution in [2.24, 2.45) is 4.99 Å². The minimum atomic E-state index is -2.90. The van der Waals surface area contributed by atoms with Crippen LogP contribution in [0.25, 0.3) is 0 Å². The summed E-state index contributed by atoms with van der Waals surface area (Å²) in [4.78, 5) is 4.18. The predicted octanol–water partition coefficient (Wildman–Crippen LogP) is 1.87. The van der Waals surface area contributed by atoms with Gasteiger partial charge in [-0.15, -0.1) is 0 Å². The van der Waals surface area contributed by atoms with Crippen molar-refractivity contribution in [2.45, 2.75) is 51.5 Å². The zero-order chi connectivity index (χ0) is 15.7. The highest BCUT2D eigenvalue weighted by Crippen LogP contribution is 2.19. The van der Waals surface area contributed by atoms with Crippen LogP contribution in [0.2, 0.25) is 0 Å². The normalized spacial score (nSPS) is 18.0. The zero-order valence-electron chi connectivity index (χ0n) is 13.5. The van der Waals surface area contributed by atoms with Gasteiger partial charge in [0.25, 0.3) is 0 Å². The molecule has 0 aliphatic heterocycles. The second-order valence-corrected chi connectivity index (χ2v) is 8.08. The van der Waals surface area contributed by atoms with E-state index in [1.165, 1.54) is 37.5 Å². The first-order chi connectivity index (χ1) is 9.90. The zero-order valence-corrected chi connectivity index (χ0v) is 14.3. The molecule has 0 amide bonds. The minimum Gasteiger partial charge on any atom is -0.356 e. The van der Waals surface area contributed by atoms with Crippen molar-refractivity contribution < 1.29 is 8.42 Å². The van der Waals surface area contributed by atoms with E-state index in [9.17, 15) is 8.42 Å². The third-order valence-corrected chi connectivity index (χ3v) is 4.63. The van der Waals surface area contributed by atoms with Crippen LogP contribution in [0.5, 0.6) is 0 Å². The van der Waals surface area contributed by atoms with Gasteiger partial charge in [-0.05, 0) is 45.4 Å². The van der Waals surface area contributed by atoms with Crippen LogP contribution in [0.15, 0.2) is 16.6 Å². The van der Waals surface area contributed by atoms with Crippen molar-refractivity contribution in [3.8, 4) is 0 Å². The summed E-state index contributed by atoms with van der Waals surface area (Å²) in [6, 6.07) is 0.0832. The number of aliphatic imine (C=N–C) groups is 1. The molecule has 0 fully saturated rings. The van der Waals surface area contributed by atoms with E-state index in [0.29, 0.717) is 6.42 Å². The van der Waals surface area contributed by atoms with Gasteiger partial charge in [0.1, 0.15) is 9.84 Å². The highest BCUT2D eigenvalue weighted by atomic mass is 32.2. The molecule has 21 heavy (non-hydrogen) atoms. The maximum Gasteiger partial charge on any atom is 0.191 e. The van der Waals surface area contributed by atoms with E-state index in [4.69, 9.17) is 0 Å². The molecule has 1 aliphatic carbocycles. The molecule has 1 rings (SSSR count). The number of nitrogens with zero attached hydrogens (tertiary/aromatic N) is 1. The van der Waals surface area contributed by atoms with Crippen LogP contribution >= 0.6 is 0 Å². The summed E-state index contributed by atoms with van der Waals surface area (Å²) in [5.74, 6) is 0.942. The van der Waals surface area contributed by atoms with Crippen molar-refractivity contribution in [1.29, 1.82) is 0 Å². The van der Waals surface area contributed by atoms with Crippen molar-refractivity contribution in [3.05, 3.63) is 11.6 Å². The second-order valence-electron chi connectivity index (χ2n) is 5.82. The highest BCUT2D eigenvalue weighted by Gasteiger charge is 2.09. The molecule has 0 aromatic rings. The summed E-state index contributed by atoms with van der Waals surface area (Å²) in [6.45, 7) is 2.84. The number of hydrogen-bond acceptors (Lipinski definition) is 3. The molecule has 6 heteroatoms. The number of hydrogen-bond donors (Lipinski definition) is 2. The number of sulfone groups is 1. The lowest BCUT2D eigenvalue weighted by atomic mass is 9.97. The molecule has 1 unspecified atom stereocenters. The molecule has 0 aromatic carbocycles. The Bertz CT molecular complexity index is 469.